The summed E-state index contributed by atoms with van der Waals surface area (Å²) in [5.41, 5.74) is -1.23. The van der Waals surface area contributed by atoms with Gasteiger partial charge in [0.25, 0.3) is 0 Å². The van der Waals surface area contributed by atoms with Crippen LogP contribution in [0.1, 0.15) is 5.56 Å². The van der Waals surface area contributed by atoms with Gasteiger partial charge in [-0.05, 0) is 39.2 Å². The van der Waals surface area contributed by atoms with Gasteiger partial charge in [0.1, 0.15) is 0 Å². The summed E-state index contributed by atoms with van der Waals surface area (Å²) < 4.78 is 10.9. The lowest BCUT2D eigenvalue weighted by Crippen LogP contribution is -2.23. The number of aromatic nitrogens is 1. The molecule has 0 fully saturated rings. The Morgan fingerprint density at radius 2 is 1.95 bits per heavy atom. The number of carbonyl (C=O) groups is 1. The molecule has 1 aromatic rings. The van der Waals surface area contributed by atoms with Gasteiger partial charge in [-0.15, -0.1) is 0 Å². The Kier molecular flexibility index (Phi) is 7.48. The van der Waals surface area contributed by atoms with Crippen molar-refractivity contribution < 1.29 is 24.3 Å². The molecule has 0 saturated heterocycles. The predicted octanol–water partition coefficient (Wildman–Crippen LogP) is 0.433. The van der Waals surface area contributed by atoms with Crippen LogP contribution in [-0.2, 0) is 15.8 Å². The number of hydrogen-bond donors (Lipinski definition) is 3. The molecule has 0 aromatic carbocycles. The number of hydrogen-bond acceptors (Lipinski definition) is 4. The van der Waals surface area contributed by atoms with Gasteiger partial charge in [-0.25, -0.2) is 0 Å². The fourth-order valence-electron chi connectivity index (χ4n) is 1.09. The van der Waals surface area contributed by atoms with Crippen molar-refractivity contribution in [2.45, 2.75) is 12.1 Å². The first kappa shape index (κ1) is 17.7. The standard InChI is InChI=1S/C8H10NO5P.C3H9N/c10-8(11)7(15(12,13)14)4-6-2-1-3-9-5-6;1-4(2)3/h1-3,5,7H,4H2,(H,10,11)(H2,12,13,14);1-3H3. The summed E-state index contributed by atoms with van der Waals surface area (Å²) in [4.78, 5) is 34.0. The van der Waals surface area contributed by atoms with E-state index in [9.17, 15) is 9.36 Å². The van der Waals surface area contributed by atoms with Crippen LogP contribution >= 0.6 is 7.60 Å². The van der Waals surface area contributed by atoms with Crippen molar-refractivity contribution in [3.63, 3.8) is 0 Å². The SMILES string of the molecule is CN(C)C.O=C(O)C(Cc1cccnc1)P(=O)(O)O. The van der Waals surface area contributed by atoms with Crippen molar-refractivity contribution in [1.29, 1.82) is 0 Å². The maximum atomic E-state index is 10.9. The van der Waals surface area contributed by atoms with Crippen LogP contribution in [0.25, 0.3) is 0 Å². The Morgan fingerprint density at radius 3 is 2.26 bits per heavy atom. The highest BCUT2D eigenvalue weighted by atomic mass is 31.2. The third-order valence-corrected chi connectivity index (χ3v) is 3.06. The van der Waals surface area contributed by atoms with Crippen molar-refractivity contribution >= 4 is 13.6 Å². The molecule has 1 aromatic heterocycles. The largest absolute Gasteiger partial charge is 0.481 e. The molecule has 7 nitrogen and oxygen atoms in total. The smallest absolute Gasteiger partial charge is 0.340 e. The molecule has 19 heavy (non-hydrogen) atoms. The summed E-state index contributed by atoms with van der Waals surface area (Å²) in [6.45, 7) is 0. The van der Waals surface area contributed by atoms with Gasteiger partial charge in [0.05, 0.1) is 0 Å². The number of rotatable bonds is 4. The molecular weight excluding hydrogens is 271 g/mol. The van der Waals surface area contributed by atoms with Crippen LogP contribution in [0.3, 0.4) is 0 Å². The van der Waals surface area contributed by atoms with E-state index in [-0.39, 0.29) is 6.42 Å². The van der Waals surface area contributed by atoms with Gasteiger partial charge in [-0.1, -0.05) is 6.07 Å². The van der Waals surface area contributed by atoms with E-state index < -0.39 is 19.2 Å². The molecule has 0 bridgehead atoms. The molecule has 1 unspecified atom stereocenters. The molecule has 0 aliphatic heterocycles. The topological polar surface area (TPSA) is 111 Å². The molecule has 0 saturated carbocycles. The Labute approximate surface area is 112 Å². The van der Waals surface area contributed by atoms with E-state index in [2.05, 4.69) is 4.98 Å². The Hall–Kier alpha value is -1.27. The Balaban J connectivity index is 0.000000711. The van der Waals surface area contributed by atoms with Crippen LogP contribution in [0.15, 0.2) is 24.5 Å². The molecule has 0 amide bonds. The summed E-state index contributed by atoms with van der Waals surface area (Å²) in [6.07, 6.45) is 2.65. The normalized spacial score (nSPS) is 12.5. The summed E-state index contributed by atoms with van der Waals surface area (Å²) in [7, 11) is 1.38. The van der Waals surface area contributed by atoms with Crippen molar-refractivity contribution in [2.24, 2.45) is 0 Å². The summed E-state index contributed by atoms with van der Waals surface area (Å²) in [5, 5.41) is 8.66. The van der Waals surface area contributed by atoms with Crippen LogP contribution in [0, 0.1) is 0 Å². The molecule has 108 valence electrons. The Morgan fingerprint density at radius 1 is 1.42 bits per heavy atom. The van der Waals surface area contributed by atoms with E-state index in [4.69, 9.17) is 14.9 Å². The third kappa shape index (κ3) is 8.45. The first-order chi connectivity index (χ1) is 8.64. The number of pyridine rings is 1. The van der Waals surface area contributed by atoms with Crippen LogP contribution in [0.5, 0.6) is 0 Å². The van der Waals surface area contributed by atoms with E-state index in [0.29, 0.717) is 5.56 Å². The second-order valence-electron chi connectivity index (χ2n) is 4.35. The van der Waals surface area contributed by atoms with Crippen LogP contribution in [-0.4, -0.2) is 57.5 Å². The Bertz CT molecular complexity index is 429. The fourth-order valence-corrected chi connectivity index (χ4v) is 1.83. The van der Waals surface area contributed by atoms with Gasteiger partial charge < -0.3 is 19.8 Å². The van der Waals surface area contributed by atoms with Gasteiger partial charge in [0.2, 0.25) is 0 Å². The molecule has 1 rings (SSSR count). The van der Waals surface area contributed by atoms with Crippen molar-refractivity contribution in [1.82, 2.24) is 9.88 Å². The van der Waals surface area contributed by atoms with Crippen LogP contribution in [0.4, 0.5) is 0 Å². The molecule has 0 aliphatic carbocycles. The van der Waals surface area contributed by atoms with Crippen molar-refractivity contribution in [2.75, 3.05) is 21.1 Å². The highest BCUT2D eigenvalue weighted by molar-refractivity contribution is 7.53. The molecule has 3 N–H and O–H groups in total. The molecule has 0 spiro atoms. The monoisotopic (exact) mass is 290 g/mol. The quantitative estimate of drug-likeness (QED) is 0.690. The van der Waals surface area contributed by atoms with Gasteiger partial charge in [0, 0.05) is 12.4 Å². The second-order valence-corrected chi connectivity index (χ2v) is 6.15. The molecular formula is C11H19N2O5P. The third-order valence-electron chi connectivity index (χ3n) is 1.84. The zero-order valence-corrected chi connectivity index (χ0v) is 12.0. The molecule has 0 aliphatic rings. The van der Waals surface area contributed by atoms with Gasteiger partial charge in [-0.3, -0.25) is 14.3 Å². The minimum Gasteiger partial charge on any atom is -0.481 e. The van der Waals surface area contributed by atoms with Crippen molar-refractivity contribution in [3.05, 3.63) is 30.1 Å². The van der Waals surface area contributed by atoms with E-state index >= 15 is 0 Å². The van der Waals surface area contributed by atoms with Gasteiger partial charge in [0.15, 0.2) is 5.66 Å². The molecule has 0 radical (unpaired) electrons. The first-order valence-corrected chi connectivity index (χ1v) is 7.10. The summed E-state index contributed by atoms with van der Waals surface area (Å²) >= 11 is 0. The maximum Gasteiger partial charge on any atom is 0.340 e. The van der Waals surface area contributed by atoms with Gasteiger partial charge in [-0.2, -0.15) is 0 Å². The minimum absolute atomic E-state index is 0.229. The summed E-state index contributed by atoms with van der Waals surface area (Å²) in [5.74, 6) is -1.51. The van der Waals surface area contributed by atoms with E-state index in [0.717, 1.165) is 0 Å². The van der Waals surface area contributed by atoms with E-state index in [1.807, 2.05) is 26.0 Å². The number of carboxylic acids is 1. The van der Waals surface area contributed by atoms with E-state index in [1.54, 1.807) is 12.1 Å². The van der Waals surface area contributed by atoms with E-state index in [1.165, 1.54) is 12.4 Å². The number of nitrogens with zero attached hydrogens (tertiary/aromatic N) is 2. The lowest BCUT2D eigenvalue weighted by Gasteiger charge is -2.13. The first-order valence-electron chi connectivity index (χ1n) is 5.42. The zero-order valence-electron chi connectivity index (χ0n) is 11.1. The predicted molar refractivity (Wildman–Crippen MR) is 71.0 cm³/mol. The van der Waals surface area contributed by atoms with Gasteiger partial charge >= 0.3 is 13.6 Å². The average molecular weight is 290 g/mol. The lowest BCUT2D eigenvalue weighted by molar-refractivity contribution is -0.136. The fraction of sp³-hybridized carbons (Fsp3) is 0.455. The highest BCUT2D eigenvalue weighted by Crippen LogP contribution is 2.42. The lowest BCUT2D eigenvalue weighted by atomic mass is 10.1. The molecule has 8 heteroatoms. The molecule has 1 atom stereocenters. The maximum absolute atomic E-state index is 10.9. The minimum atomic E-state index is -4.62. The zero-order chi connectivity index (χ0) is 15.1. The summed E-state index contributed by atoms with van der Waals surface area (Å²) in [6, 6.07) is 3.15. The van der Waals surface area contributed by atoms with Crippen LogP contribution in [0.2, 0.25) is 0 Å². The highest BCUT2D eigenvalue weighted by Gasteiger charge is 2.35. The van der Waals surface area contributed by atoms with Crippen LogP contribution < -0.4 is 0 Å². The average Bonchev–Trinajstić information content (AvgIpc) is 2.24. The van der Waals surface area contributed by atoms with Crippen molar-refractivity contribution in [3.8, 4) is 0 Å². The number of aliphatic carboxylic acids is 1. The number of carboxylic acid groups (broad SMARTS) is 1. The molecule has 1 heterocycles. The second kappa shape index (κ2) is 8.01.